The number of hydrogen-bond donors (Lipinski definition) is 2. The fraction of sp³-hybridized carbons (Fsp3) is 0.714. The van der Waals surface area contributed by atoms with E-state index in [1.807, 2.05) is 0 Å². The third-order valence-corrected chi connectivity index (χ3v) is 2.89. The quantitative estimate of drug-likeness (QED) is 0.715. The molecule has 4 N–H and O–H groups in total. The fourth-order valence-electron chi connectivity index (χ4n) is 0.956. The third-order valence-electron chi connectivity index (χ3n) is 1.78. The molecular weight excluding hydrogens is 172 g/mol. The van der Waals surface area contributed by atoms with Crippen LogP contribution in [0.1, 0.15) is 29.3 Å². The predicted octanol–water partition coefficient (Wildman–Crippen LogP) is 0.449. The number of nitrogens with two attached hydrogens (primary N) is 2. The van der Waals surface area contributed by atoms with Crippen molar-refractivity contribution < 1.29 is 0 Å². The lowest BCUT2D eigenvalue weighted by Gasteiger charge is -2.05. The minimum absolute atomic E-state index is 0.350. The van der Waals surface area contributed by atoms with Gasteiger partial charge in [0, 0.05) is 19.0 Å². The van der Waals surface area contributed by atoms with Crippen LogP contribution in [0.2, 0.25) is 0 Å². The smallest absolute Gasteiger partial charge is 0.131 e. The lowest BCUT2D eigenvalue weighted by atomic mass is 10.1. The second kappa shape index (κ2) is 4.49. The maximum Gasteiger partial charge on any atom is 0.131 e. The van der Waals surface area contributed by atoms with Crippen LogP contribution >= 0.6 is 11.3 Å². The molecule has 1 atom stereocenters. The summed E-state index contributed by atoms with van der Waals surface area (Å²) in [7, 11) is 0. The van der Waals surface area contributed by atoms with Crippen molar-refractivity contribution in [1.29, 1.82) is 0 Å². The van der Waals surface area contributed by atoms with Gasteiger partial charge in [0.15, 0.2) is 0 Å². The average Bonchev–Trinajstić information content (AvgIpc) is 2.55. The summed E-state index contributed by atoms with van der Waals surface area (Å²) in [6, 6.07) is 0. The van der Waals surface area contributed by atoms with Crippen molar-refractivity contribution in [3.8, 4) is 0 Å². The molecule has 1 aromatic heterocycles. The Bertz CT molecular complexity index is 231. The van der Waals surface area contributed by atoms with Crippen LogP contribution in [-0.4, -0.2) is 16.7 Å². The topological polar surface area (TPSA) is 77.8 Å². The van der Waals surface area contributed by atoms with Crippen LogP contribution in [0.15, 0.2) is 0 Å². The summed E-state index contributed by atoms with van der Waals surface area (Å²) in [6.07, 6.45) is 1.01. The third kappa shape index (κ3) is 2.00. The van der Waals surface area contributed by atoms with Crippen molar-refractivity contribution in [2.75, 3.05) is 6.54 Å². The largest absolute Gasteiger partial charge is 0.330 e. The van der Waals surface area contributed by atoms with Gasteiger partial charge in [0.25, 0.3) is 0 Å². The van der Waals surface area contributed by atoms with Crippen molar-refractivity contribution in [2.45, 2.75) is 25.8 Å². The number of aromatic nitrogens is 2. The molecule has 0 saturated heterocycles. The molecule has 0 aliphatic rings. The van der Waals surface area contributed by atoms with Crippen LogP contribution in [0, 0.1) is 0 Å². The van der Waals surface area contributed by atoms with Crippen molar-refractivity contribution in [3.05, 3.63) is 10.0 Å². The zero-order chi connectivity index (χ0) is 8.97. The van der Waals surface area contributed by atoms with E-state index in [9.17, 15) is 0 Å². The van der Waals surface area contributed by atoms with Gasteiger partial charge in [-0.25, -0.2) is 0 Å². The Hall–Kier alpha value is -0.520. The summed E-state index contributed by atoms with van der Waals surface area (Å²) in [5.41, 5.74) is 11.0. The zero-order valence-corrected chi connectivity index (χ0v) is 7.97. The second-order valence-corrected chi connectivity index (χ2v) is 3.67. The Labute approximate surface area is 76.0 Å². The predicted molar refractivity (Wildman–Crippen MR) is 49.9 cm³/mol. The normalized spacial score (nSPS) is 13.2. The first-order chi connectivity index (χ1) is 5.81. The summed E-state index contributed by atoms with van der Waals surface area (Å²) in [6.45, 7) is 3.20. The summed E-state index contributed by atoms with van der Waals surface area (Å²) < 4.78 is 0. The molecule has 0 aliphatic heterocycles. The Morgan fingerprint density at radius 2 is 2.17 bits per heavy atom. The minimum Gasteiger partial charge on any atom is -0.330 e. The molecule has 68 valence electrons. The molecular formula is C7H14N4S. The molecule has 4 nitrogen and oxygen atoms in total. The van der Waals surface area contributed by atoms with E-state index in [1.54, 1.807) is 11.3 Å². The van der Waals surface area contributed by atoms with E-state index in [1.165, 1.54) is 0 Å². The summed E-state index contributed by atoms with van der Waals surface area (Å²) in [5, 5.41) is 9.88. The molecule has 12 heavy (non-hydrogen) atoms. The lowest BCUT2D eigenvalue weighted by molar-refractivity contribution is 0.660. The lowest BCUT2D eigenvalue weighted by Crippen LogP contribution is -2.11. The van der Waals surface area contributed by atoms with Crippen LogP contribution in [0.4, 0.5) is 0 Å². The highest BCUT2D eigenvalue weighted by Crippen LogP contribution is 2.21. The van der Waals surface area contributed by atoms with Crippen LogP contribution in [0.5, 0.6) is 0 Å². The Balaban J connectivity index is 2.72. The van der Waals surface area contributed by atoms with Gasteiger partial charge in [-0.15, -0.1) is 10.2 Å². The molecule has 0 saturated carbocycles. The molecule has 0 fully saturated rings. The molecule has 0 aliphatic carbocycles. The molecule has 5 heteroatoms. The monoisotopic (exact) mass is 186 g/mol. The highest BCUT2D eigenvalue weighted by atomic mass is 32.1. The van der Waals surface area contributed by atoms with Crippen LogP contribution in [0.25, 0.3) is 0 Å². The Morgan fingerprint density at radius 3 is 2.58 bits per heavy atom. The van der Waals surface area contributed by atoms with Crippen LogP contribution < -0.4 is 11.5 Å². The van der Waals surface area contributed by atoms with Gasteiger partial charge in [-0.1, -0.05) is 18.3 Å². The average molecular weight is 186 g/mol. The SMILES string of the molecule is CCC(CN)c1nnc(CN)s1. The van der Waals surface area contributed by atoms with E-state index in [0.717, 1.165) is 16.4 Å². The van der Waals surface area contributed by atoms with Crippen molar-refractivity contribution in [2.24, 2.45) is 11.5 Å². The van der Waals surface area contributed by atoms with Gasteiger partial charge in [0.2, 0.25) is 0 Å². The molecule has 0 aromatic carbocycles. The molecule has 0 radical (unpaired) electrons. The van der Waals surface area contributed by atoms with E-state index in [4.69, 9.17) is 11.5 Å². The van der Waals surface area contributed by atoms with Crippen molar-refractivity contribution in [1.82, 2.24) is 10.2 Å². The van der Waals surface area contributed by atoms with Crippen LogP contribution in [-0.2, 0) is 6.54 Å². The molecule has 0 bridgehead atoms. The van der Waals surface area contributed by atoms with Gasteiger partial charge in [-0.05, 0) is 6.42 Å². The zero-order valence-electron chi connectivity index (χ0n) is 7.16. The van der Waals surface area contributed by atoms with Gasteiger partial charge in [-0.3, -0.25) is 0 Å². The summed E-state index contributed by atoms with van der Waals surface area (Å²) in [5.74, 6) is 0.350. The van der Waals surface area contributed by atoms with Gasteiger partial charge in [0.1, 0.15) is 10.0 Å². The molecule has 1 rings (SSSR count). The van der Waals surface area contributed by atoms with Gasteiger partial charge < -0.3 is 11.5 Å². The second-order valence-electron chi connectivity index (χ2n) is 2.58. The van der Waals surface area contributed by atoms with Gasteiger partial charge in [-0.2, -0.15) is 0 Å². The Morgan fingerprint density at radius 1 is 1.42 bits per heavy atom. The van der Waals surface area contributed by atoms with Crippen LogP contribution in [0.3, 0.4) is 0 Å². The molecule has 0 spiro atoms. The first-order valence-electron chi connectivity index (χ1n) is 4.04. The van der Waals surface area contributed by atoms with E-state index in [-0.39, 0.29) is 0 Å². The van der Waals surface area contributed by atoms with E-state index < -0.39 is 0 Å². The van der Waals surface area contributed by atoms with Crippen molar-refractivity contribution >= 4 is 11.3 Å². The highest BCUT2D eigenvalue weighted by Gasteiger charge is 2.12. The number of nitrogens with zero attached hydrogens (tertiary/aromatic N) is 2. The fourth-order valence-corrected chi connectivity index (χ4v) is 1.87. The molecule has 1 aromatic rings. The molecule has 0 amide bonds. The molecule has 1 heterocycles. The summed E-state index contributed by atoms with van der Waals surface area (Å²) >= 11 is 1.56. The van der Waals surface area contributed by atoms with E-state index in [2.05, 4.69) is 17.1 Å². The summed E-state index contributed by atoms with van der Waals surface area (Å²) in [4.78, 5) is 0. The van der Waals surface area contributed by atoms with Gasteiger partial charge >= 0.3 is 0 Å². The number of hydrogen-bond acceptors (Lipinski definition) is 5. The Kier molecular flexibility index (Phi) is 3.58. The first-order valence-corrected chi connectivity index (χ1v) is 4.85. The first kappa shape index (κ1) is 9.57. The maximum absolute atomic E-state index is 5.57. The molecule has 1 unspecified atom stereocenters. The highest BCUT2D eigenvalue weighted by molar-refractivity contribution is 7.11. The van der Waals surface area contributed by atoms with Crippen molar-refractivity contribution in [3.63, 3.8) is 0 Å². The standard InChI is InChI=1S/C7H14N4S/c1-2-5(3-8)7-11-10-6(4-9)12-7/h5H,2-4,8-9H2,1H3. The minimum atomic E-state index is 0.350. The van der Waals surface area contributed by atoms with Gasteiger partial charge in [0.05, 0.1) is 0 Å². The van der Waals surface area contributed by atoms with E-state index in [0.29, 0.717) is 19.0 Å². The number of rotatable bonds is 4. The van der Waals surface area contributed by atoms with E-state index >= 15 is 0 Å². The maximum atomic E-state index is 5.57.